The number of carbonyl (C=O) groups is 4. The Morgan fingerprint density at radius 2 is 1.63 bits per heavy atom. The molecule has 292 valence electrons. The quantitative estimate of drug-likeness (QED) is 0.156. The van der Waals surface area contributed by atoms with Crippen molar-refractivity contribution in [2.75, 3.05) is 56.9 Å². The van der Waals surface area contributed by atoms with Crippen molar-refractivity contribution in [1.29, 1.82) is 0 Å². The van der Waals surface area contributed by atoms with E-state index in [1.807, 2.05) is 60.7 Å². The highest BCUT2D eigenvalue weighted by molar-refractivity contribution is 6.06. The Morgan fingerprint density at radius 1 is 0.895 bits per heavy atom. The van der Waals surface area contributed by atoms with E-state index >= 15 is 0 Å². The number of amides is 3. The number of para-hydroxylation sites is 1. The fourth-order valence-electron chi connectivity index (χ4n) is 8.61. The minimum atomic E-state index is -0.760. The van der Waals surface area contributed by atoms with Gasteiger partial charge in [0.25, 0.3) is 5.91 Å². The number of anilines is 2. The lowest BCUT2D eigenvalue weighted by Crippen LogP contribution is -2.70. The van der Waals surface area contributed by atoms with Crippen molar-refractivity contribution in [3.05, 3.63) is 90.3 Å². The van der Waals surface area contributed by atoms with Gasteiger partial charge < -0.3 is 20.3 Å². The standard InChI is InChI=1S/C42H44N10O5/c1-48(35-15-16-36(54)46-41(35)55)42(56)34-14-11-28(18-27(34)24-53)50-22-31(23-50)51-20-30(21-51)49-17-5-6-29(19-49)52-40-37(39(43)44-25-45-40)38(47-52)26-9-12-33(13-10-26)57-32-7-3-2-4-8-32/h2-4,7-14,18,24-25,29-31,35H,5-6,15-17,19-23H2,1H3,(H2,43,44,45)(H,46,54,55). The smallest absolute Gasteiger partial charge is 0.255 e. The summed E-state index contributed by atoms with van der Waals surface area (Å²) in [5, 5.41) is 8.19. The molecule has 0 bridgehead atoms. The molecule has 2 aromatic heterocycles. The molecule has 6 heterocycles. The van der Waals surface area contributed by atoms with Crippen LogP contribution < -0.4 is 20.7 Å². The Morgan fingerprint density at radius 3 is 2.39 bits per heavy atom. The van der Waals surface area contributed by atoms with E-state index < -0.39 is 17.9 Å². The summed E-state index contributed by atoms with van der Waals surface area (Å²) in [7, 11) is 1.53. The van der Waals surface area contributed by atoms with Gasteiger partial charge in [-0.05, 0) is 80.4 Å². The number of carbonyl (C=O) groups excluding carboxylic acids is 4. The van der Waals surface area contributed by atoms with Gasteiger partial charge in [-0.2, -0.15) is 5.10 Å². The molecule has 2 atom stereocenters. The molecule has 4 saturated heterocycles. The van der Waals surface area contributed by atoms with Crippen molar-refractivity contribution in [2.45, 2.75) is 49.9 Å². The third kappa shape index (κ3) is 6.97. The number of aldehydes is 1. The first kappa shape index (κ1) is 36.4. The lowest BCUT2D eigenvalue weighted by atomic mass is 9.95. The molecule has 4 fully saturated rings. The number of hydrogen-bond donors (Lipinski definition) is 2. The predicted octanol–water partition coefficient (Wildman–Crippen LogP) is 3.77. The molecule has 9 rings (SSSR count). The van der Waals surface area contributed by atoms with Gasteiger partial charge >= 0.3 is 0 Å². The lowest BCUT2D eigenvalue weighted by molar-refractivity contribution is -0.136. The van der Waals surface area contributed by atoms with E-state index in [1.165, 1.54) is 18.3 Å². The molecule has 0 radical (unpaired) electrons. The topological polar surface area (TPSA) is 172 Å². The van der Waals surface area contributed by atoms with Crippen LogP contribution in [0.1, 0.15) is 52.4 Å². The van der Waals surface area contributed by atoms with Crippen molar-refractivity contribution in [2.24, 2.45) is 0 Å². The summed E-state index contributed by atoms with van der Waals surface area (Å²) in [6.07, 6.45) is 4.67. The lowest BCUT2D eigenvalue weighted by Gasteiger charge is -2.55. The molecule has 0 spiro atoms. The van der Waals surface area contributed by atoms with Crippen LogP contribution in [0.25, 0.3) is 22.3 Å². The Balaban J connectivity index is 0.815. The van der Waals surface area contributed by atoms with E-state index in [4.69, 9.17) is 15.6 Å². The van der Waals surface area contributed by atoms with Crippen LogP contribution in [-0.2, 0) is 9.59 Å². The maximum atomic E-state index is 13.3. The fourth-order valence-corrected chi connectivity index (χ4v) is 8.61. The number of imide groups is 1. The molecular weight excluding hydrogens is 725 g/mol. The Kier molecular flexibility index (Phi) is 9.62. The Hall–Kier alpha value is -6.19. The van der Waals surface area contributed by atoms with Gasteiger partial charge in [-0.15, -0.1) is 0 Å². The highest BCUT2D eigenvalue weighted by Gasteiger charge is 2.42. The van der Waals surface area contributed by atoms with Crippen LogP contribution in [0.15, 0.2) is 79.1 Å². The number of hydrogen-bond acceptors (Lipinski definition) is 12. The van der Waals surface area contributed by atoms with E-state index in [2.05, 4.69) is 34.7 Å². The molecule has 4 aliphatic rings. The van der Waals surface area contributed by atoms with E-state index in [1.54, 1.807) is 12.1 Å². The summed E-state index contributed by atoms with van der Waals surface area (Å²) in [5.74, 6) is 0.645. The van der Waals surface area contributed by atoms with Crippen LogP contribution in [0.4, 0.5) is 11.5 Å². The number of nitrogens with zero attached hydrogens (tertiary/aromatic N) is 8. The summed E-state index contributed by atoms with van der Waals surface area (Å²) >= 11 is 0. The van der Waals surface area contributed by atoms with Crippen molar-refractivity contribution in [3.8, 4) is 22.8 Å². The van der Waals surface area contributed by atoms with Gasteiger partial charge in [0.05, 0.1) is 17.0 Å². The Bertz CT molecular complexity index is 2340. The summed E-state index contributed by atoms with van der Waals surface area (Å²) in [4.78, 5) is 67.0. The van der Waals surface area contributed by atoms with Crippen LogP contribution in [-0.4, -0.2) is 123 Å². The van der Waals surface area contributed by atoms with Gasteiger partial charge in [-0.25, -0.2) is 14.6 Å². The molecule has 15 nitrogen and oxygen atoms in total. The molecule has 0 aliphatic carbocycles. The van der Waals surface area contributed by atoms with Crippen molar-refractivity contribution in [1.82, 2.24) is 39.8 Å². The summed E-state index contributed by atoms with van der Waals surface area (Å²) < 4.78 is 8.07. The van der Waals surface area contributed by atoms with Gasteiger partial charge in [-0.1, -0.05) is 18.2 Å². The summed E-state index contributed by atoms with van der Waals surface area (Å²) in [5.41, 5.74) is 10.3. The maximum Gasteiger partial charge on any atom is 0.255 e. The van der Waals surface area contributed by atoms with Gasteiger partial charge in [0.1, 0.15) is 35.4 Å². The zero-order valence-corrected chi connectivity index (χ0v) is 31.7. The largest absolute Gasteiger partial charge is 0.457 e. The minimum Gasteiger partial charge on any atom is -0.457 e. The normalized spacial score (nSPS) is 20.8. The number of nitrogens with two attached hydrogens (primary N) is 1. The first-order valence-corrected chi connectivity index (χ1v) is 19.5. The zero-order chi connectivity index (χ0) is 39.2. The maximum absolute atomic E-state index is 13.3. The van der Waals surface area contributed by atoms with Gasteiger partial charge in [-0.3, -0.25) is 34.3 Å². The highest BCUT2D eigenvalue weighted by atomic mass is 16.5. The monoisotopic (exact) mass is 768 g/mol. The zero-order valence-electron chi connectivity index (χ0n) is 31.7. The highest BCUT2D eigenvalue weighted by Crippen LogP contribution is 2.36. The number of likely N-dealkylation sites (tertiary alicyclic amines) is 2. The summed E-state index contributed by atoms with van der Waals surface area (Å²) in [6.45, 7) is 5.55. The molecule has 3 aromatic carbocycles. The van der Waals surface area contributed by atoms with Crippen molar-refractivity contribution in [3.63, 3.8) is 0 Å². The first-order chi connectivity index (χ1) is 27.7. The molecule has 2 unspecified atom stereocenters. The number of fused-ring (bicyclic) bond motifs is 1. The number of nitrogen functional groups attached to an aromatic ring is 1. The number of aromatic nitrogens is 4. The fraction of sp³-hybridized carbons (Fsp3) is 0.357. The molecule has 3 N–H and O–H groups in total. The van der Waals surface area contributed by atoms with Crippen LogP contribution in [0.3, 0.4) is 0 Å². The second-order valence-corrected chi connectivity index (χ2v) is 15.4. The molecular formula is C42H44N10O5. The number of nitrogens with one attached hydrogen (secondary N) is 1. The molecule has 3 amide bonds. The SMILES string of the molecule is CN(C(=O)c1ccc(N2CC(N3CC(N4CCCC(n5nc(-c6ccc(Oc7ccccc7)cc6)c6c(N)ncnc65)C4)C3)C2)cc1C=O)C1CCC(=O)NC1=O. The molecule has 15 heteroatoms. The van der Waals surface area contributed by atoms with Crippen LogP contribution in [0, 0.1) is 0 Å². The van der Waals surface area contributed by atoms with Crippen LogP contribution >= 0.6 is 0 Å². The number of benzene rings is 3. The van der Waals surface area contributed by atoms with Crippen LogP contribution in [0.2, 0.25) is 0 Å². The third-order valence-corrected chi connectivity index (χ3v) is 11.9. The van der Waals surface area contributed by atoms with Crippen LogP contribution in [0.5, 0.6) is 11.5 Å². The summed E-state index contributed by atoms with van der Waals surface area (Å²) in [6, 6.07) is 23.1. The van der Waals surface area contributed by atoms with Gasteiger partial charge in [0, 0.05) is 75.1 Å². The predicted molar refractivity (Wildman–Crippen MR) is 213 cm³/mol. The van der Waals surface area contributed by atoms with E-state index in [0.717, 1.165) is 91.6 Å². The third-order valence-electron chi connectivity index (χ3n) is 11.9. The van der Waals surface area contributed by atoms with Crippen molar-refractivity contribution < 1.29 is 23.9 Å². The minimum absolute atomic E-state index is 0.143. The first-order valence-electron chi connectivity index (χ1n) is 19.5. The second-order valence-electron chi connectivity index (χ2n) is 15.4. The second kappa shape index (κ2) is 15.0. The average Bonchev–Trinajstić information content (AvgIpc) is 3.59. The molecule has 5 aromatic rings. The molecule has 57 heavy (non-hydrogen) atoms. The molecule has 0 saturated carbocycles. The van der Waals surface area contributed by atoms with Gasteiger partial charge in [0.2, 0.25) is 11.8 Å². The van der Waals surface area contributed by atoms with E-state index in [0.29, 0.717) is 24.2 Å². The van der Waals surface area contributed by atoms with Gasteiger partial charge in [0.15, 0.2) is 11.9 Å². The van der Waals surface area contributed by atoms with E-state index in [9.17, 15) is 19.2 Å². The Labute approximate surface area is 329 Å². The number of likely N-dealkylation sites (N-methyl/N-ethyl adjacent to an activating group) is 1. The number of rotatable bonds is 10. The van der Waals surface area contributed by atoms with E-state index in [-0.39, 0.29) is 35.9 Å². The molecule has 4 aliphatic heterocycles. The number of ether oxygens (including phenoxy) is 1. The number of piperidine rings is 2. The van der Waals surface area contributed by atoms with Crippen molar-refractivity contribution >= 4 is 46.5 Å². The average molecular weight is 769 g/mol.